The second-order valence-electron chi connectivity index (χ2n) is 22.2. The molecule has 77 heavy (non-hydrogen) atoms. The molecule has 0 aliphatic rings. The normalized spacial score (nSPS) is 14.3. The minimum Gasteiger partial charge on any atom is -0.456 e. The summed E-state index contributed by atoms with van der Waals surface area (Å²) in [6, 6.07) is -0.880. The molecule has 10 heteroatoms. The van der Waals surface area contributed by atoms with Gasteiger partial charge in [0.25, 0.3) is 0 Å². The van der Waals surface area contributed by atoms with Crippen molar-refractivity contribution >= 4 is 19.7 Å². The maximum Gasteiger partial charge on any atom is 0.472 e. The zero-order valence-corrected chi connectivity index (χ0v) is 51.6. The van der Waals surface area contributed by atoms with E-state index in [4.69, 9.17) is 13.8 Å². The molecule has 0 aliphatic heterocycles. The molecule has 3 atom stereocenters. The Kier molecular flexibility index (Phi) is 54.0. The third kappa shape index (κ3) is 57.4. The van der Waals surface area contributed by atoms with E-state index in [0.29, 0.717) is 23.9 Å². The number of carbonyl (C=O) groups excluding carboxylic acids is 2. The highest BCUT2D eigenvalue weighted by Gasteiger charge is 2.30. The van der Waals surface area contributed by atoms with Crippen LogP contribution in [0.25, 0.3) is 0 Å². The fraction of sp³-hybridized carbons (Fsp3) is 0.731. The maximum absolute atomic E-state index is 13.6. The number of hydrogen-bond donors (Lipinski definition) is 2. The molecule has 0 saturated heterocycles. The first kappa shape index (κ1) is 73.9. The molecule has 9 nitrogen and oxygen atoms in total. The number of allylic oxidation sites excluding steroid dienone is 15. The fourth-order valence-corrected chi connectivity index (χ4v) is 9.32. The molecular weight excluding hydrogens is 976 g/mol. The van der Waals surface area contributed by atoms with Crippen LogP contribution in [-0.2, 0) is 27.9 Å². The quantitative estimate of drug-likeness (QED) is 0.0205. The number of rotatable bonds is 56. The van der Waals surface area contributed by atoms with Crippen LogP contribution < -0.4 is 5.32 Å². The monoisotopic (exact) mass is 1100 g/mol. The summed E-state index contributed by atoms with van der Waals surface area (Å²) in [4.78, 5) is 37.7. The molecule has 0 fully saturated rings. The van der Waals surface area contributed by atoms with Gasteiger partial charge >= 0.3 is 13.8 Å². The van der Waals surface area contributed by atoms with Crippen molar-refractivity contribution in [3.63, 3.8) is 0 Å². The Morgan fingerprint density at radius 1 is 0.455 bits per heavy atom. The Morgan fingerprint density at radius 2 is 0.805 bits per heavy atom. The zero-order valence-electron chi connectivity index (χ0n) is 50.7. The maximum atomic E-state index is 13.6. The van der Waals surface area contributed by atoms with E-state index in [0.717, 1.165) is 89.9 Å². The van der Waals surface area contributed by atoms with Crippen molar-refractivity contribution < 1.29 is 37.3 Å². The molecule has 0 radical (unpaired) electrons. The second kappa shape index (κ2) is 56.2. The molecule has 2 N–H and O–H groups in total. The molecule has 1 amide bonds. The van der Waals surface area contributed by atoms with Crippen LogP contribution in [0.5, 0.6) is 0 Å². The number of likely N-dealkylation sites (N-methyl/N-ethyl adjacent to an activating group) is 1. The van der Waals surface area contributed by atoms with Gasteiger partial charge in [0.15, 0.2) is 0 Å². The van der Waals surface area contributed by atoms with E-state index < -0.39 is 20.0 Å². The molecule has 444 valence electrons. The van der Waals surface area contributed by atoms with E-state index in [1.165, 1.54) is 135 Å². The van der Waals surface area contributed by atoms with Crippen LogP contribution in [0.4, 0.5) is 0 Å². The van der Waals surface area contributed by atoms with Gasteiger partial charge in [-0.15, -0.1) is 0 Å². The lowest BCUT2D eigenvalue weighted by atomic mass is 10.0. The van der Waals surface area contributed by atoms with Crippen LogP contribution in [-0.4, -0.2) is 74.3 Å². The predicted octanol–water partition coefficient (Wildman–Crippen LogP) is 19.6. The van der Waals surface area contributed by atoms with E-state index in [1.807, 2.05) is 33.3 Å². The van der Waals surface area contributed by atoms with Crippen LogP contribution in [0.3, 0.4) is 0 Å². The van der Waals surface area contributed by atoms with Crippen molar-refractivity contribution in [2.24, 2.45) is 0 Å². The van der Waals surface area contributed by atoms with Gasteiger partial charge in [0.2, 0.25) is 5.91 Å². The molecule has 3 unspecified atom stereocenters. The van der Waals surface area contributed by atoms with Crippen molar-refractivity contribution in [2.75, 3.05) is 40.9 Å². The average molecular weight is 1100 g/mol. The number of phosphoric ester groups is 1. The summed E-state index contributed by atoms with van der Waals surface area (Å²) in [6.45, 7) is 6.92. The number of hydrogen-bond acceptors (Lipinski definition) is 6. The SMILES string of the molecule is CCCCC/C=C\C/C=C\C/C=C\C/C=C\CCCC(=O)OC(/C=C\CCCCCCCCCCCCC)C(COP(=O)(O)OCC[N+](C)(C)C)NC(=O)CCCCCCCCCC/C=C\C/C=C\C/C=C\CCCCC. The standard InChI is InChI=1S/C67H119N2O7P/c1-7-10-13-16-19-22-25-28-30-32-33-34-35-37-38-41-44-47-50-53-56-59-66(70)68-64(63-75-77(72,73)74-62-61-69(4,5)6)65(58-55-52-49-46-43-40-27-24-21-18-15-12-9-3)76-67(71)60-57-54-51-48-45-42-39-36-31-29-26-23-20-17-14-11-8-2/h19-20,22-23,28-31,33-34,39,42,48,51,55,58,64-65H,7-18,21,24-27,32,35-38,40-41,43-47,49-50,52-54,56-57,59-63H2,1-6H3,(H-,68,70,72,73)/p+1/b22-19-,23-20-,30-28-,31-29-,34-33-,42-39-,51-48-,58-55-. The molecule has 0 aliphatic carbocycles. The summed E-state index contributed by atoms with van der Waals surface area (Å²) in [7, 11) is 1.45. The molecule has 0 saturated carbocycles. The van der Waals surface area contributed by atoms with E-state index in [2.05, 4.69) is 111 Å². The van der Waals surface area contributed by atoms with Gasteiger partial charge in [-0.05, 0) is 109 Å². The minimum atomic E-state index is -4.47. The van der Waals surface area contributed by atoms with Crippen molar-refractivity contribution in [2.45, 2.75) is 277 Å². The molecule has 0 aromatic heterocycles. The van der Waals surface area contributed by atoms with E-state index in [-0.39, 0.29) is 31.5 Å². The van der Waals surface area contributed by atoms with Crippen molar-refractivity contribution in [3.05, 3.63) is 97.2 Å². The first-order valence-electron chi connectivity index (χ1n) is 31.6. The third-order valence-corrected chi connectivity index (χ3v) is 14.5. The smallest absolute Gasteiger partial charge is 0.456 e. The van der Waals surface area contributed by atoms with Crippen molar-refractivity contribution in [1.82, 2.24) is 5.32 Å². The van der Waals surface area contributed by atoms with Crippen LogP contribution >= 0.6 is 7.82 Å². The zero-order chi connectivity index (χ0) is 56.4. The number of quaternary nitrogens is 1. The summed E-state index contributed by atoms with van der Waals surface area (Å²) in [5.74, 6) is -0.581. The molecule has 0 rings (SSSR count). The first-order chi connectivity index (χ1) is 37.4. The van der Waals surface area contributed by atoms with E-state index in [1.54, 1.807) is 0 Å². The number of carbonyl (C=O) groups is 2. The Morgan fingerprint density at radius 3 is 1.23 bits per heavy atom. The number of unbranched alkanes of at least 4 members (excludes halogenated alkanes) is 26. The van der Waals surface area contributed by atoms with Crippen LogP contribution in [0.2, 0.25) is 0 Å². The predicted molar refractivity (Wildman–Crippen MR) is 332 cm³/mol. The lowest BCUT2D eigenvalue weighted by Crippen LogP contribution is -2.47. The number of nitrogens with zero attached hydrogens (tertiary/aromatic N) is 1. The van der Waals surface area contributed by atoms with Gasteiger partial charge in [-0.3, -0.25) is 18.6 Å². The number of amides is 1. The fourth-order valence-electron chi connectivity index (χ4n) is 8.59. The molecule has 0 bridgehead atoms. The Balaban J connectivity index is 5.36. The van der Waals surface area contributed by atoms with Crippen LogP contribution in [0.1, 0.15) is 265 Å². The topological polar surface area (TPSA) is 111 Å². The number of ether oxygens (including phenoxy) is 1. The summed E-state index contributed by atoms with van der Waals surface area (Å²) in [5, 5.41) is 3.04. The van der Waals surface area contributed by atoms with Gasteiger partial charge in [-0.1, -0.05) is 240 Å². The average Bonchev–Trinajstić information content (AvgIpc) is 3.39. The Hall–Kier alpha value is -3.07. The highest BCUT2D eigenvalue weighted by atomic mass is 31.2. The largest absolute Gasteiger partial charge is 0.472 e. The number of phosphoric acid groups is 1. The van der Waals surface area contributed by atoms with Gasteiger partial charge in [-0.25, -0.2) is 4.57 Å². The van der Waals surface area contributed by atoms with Gasteiger partial charge in [0.1, 0.15) is 19.3 Å². The van der Waals surface area contributed by atoms with Crippen LogP contribution in [0, 0.1) is 0 Å². The van der Waals surface area contributed by atoms with Crippen molar-refractivity contribution in [3.8, 4) is 0 Å². The number of esters is 1. The van der Waals surface area contributed by atoms with E-state index >= 15 is 0 Å². The highest BCUT2D eigenvalue weighted by molar-refractivity contribution is 7.47. The molecule has 0 heterocycles. The molecular formula is C67H120N2O7P+. The van der Waals surface area contributed by atoms with Crippen molar-refractivity contribution in [1.29, 1.82) is 0 Å². The van der Waals surface area contributed by atoms with Crippen LogP contribution in [0.15, 0.2) is 97.2 Å². The summed E-state index contributed by atoms with van der Waals surface area (Å²) in [6.07, 6.45) is 75.5. The second-order valence-corrected chi connectivity index (χ2v) is 23.7. The molecule has 0 spiro atoms. The summed E-state index contributed by atoms with van der Waals surface area (Å²) in [5.41, 5.74) is 0. The Bertz CT molecular complexity index is 1640. The minimum absolute atomic E-state index is 0.0261. The highest BCUT2D eigenvalue weighted by Crippen LogP contribution is 2.43. The van der Waals surface area contributed by atoms with E-state index in [9.17, 15) is 19.0 Å². The molecule has 0 aromatic carbocycles. The van der Waals surface area contributed by atoms with Gasteiger partial charge in [0, 0.05) is 12.8 Å². The lowest BCUT2D eigenvalue weighted by Gasteiger charge is -2.27. The summed E-state index contributed by atoms with van der Waals surface area (Å²) >= 11 is 0. The molecule has 0 aromatic rings. The van der Waals surface area contributed by atoms with Gasteiger partial charge in [-0.2, -0.15) is 0 Å². The number of nitrogens with one attached hydrogen (secondary N) is 1. The Labute approximate surface area is 475 Å². The van der Waals surface area contributed by atoms with Gasteiger partial charge < -0.3 is 19.4 Å². The first-order valence-corrected chi connectivity index (χ1v) is 33.1. The van der Waals surface area contributed by atoms with Gasteiger partial charge in [0.05, 0.1) is 33.8 Å². The third-order valence-electron chi connectivity index (χ3n) is 13.5. The lowest BCUT2D eigenvalue weighted by molar-refractivity contribution is -0.870. The summed E-state index contributed by atoms with van der Waals surface area (Å²) < 4.78 is 30.7.